The van der Waals surface area contributed by atoms with Gasteiger partial charge in [-0.15, -0.1) is 0 Å². The molecule has 18 heavy (non-hydrogen) atoms. The van der Waals surface area contributed by atoms with Crippen molar-refractivity contribution in [2.45, 2.75) is 6.54 Å². The van der Waals surface area contributed by atoms with Crippen molar-refractivity contribution in [2.24, 2.45) is 0 Å². The number of hydrogen-bond donors (Lipinski definition) is 1. The number of aromatic nitrogens is 1. The second-order valence-corrected chi connectivity index (χ2v) is 4.22. The number of hydrogen-bond acceptors (Lipinski definition) is 2. The molecular formula is C13H10ClNO3. The quantitative estimate of drug-likeness (QED) is 0.924. The zero-order valence-corrected chi connectivity index (χ0v) is 10.1. The van der Waals surface area contributed by atoms with Crippen molar-refractivity contribution in [1.82, 2.24) is 4.57 Å². The standard InChI is InChI=1S/C13H10ClNO3/c14-12-7-9(13(17)18)1-2-10(12)8-15-5-3-11(16)4-6-15/h1-7H,8H2,(H,17,18). The molecule has 0 aliphatic heterocycles. The summed E-state index contributed by atoms with van der Waals surface area (Å²) in [6.07, 6.45) is 3.31. The van der Waals surface area contributed by atoms with Crippen molar-refractivity contribution in [3.8, 4) is 0 Å². The molecule has 0 atom stereocenters. The molecule has 1 N–H and O–H groups in total. The Labute approximate surface area is 108 Å². The molecule has 2 aromatic rings. The van der Waals surface area contributed by atoms with E-state index in [1.165, 1.54) is 24.3 Å². The van der Waals surface area contributed by atoms with Gasteiger partial charge in [0.25, 0.3) is 0 Å². The highest BCUT2D eigenvalue weighted by molar-refractivity contribution is 6.31. The van der Waals surface area contributed by atoms with Crippen LogP contribution < -0.4 is 5.43 Å². The van der Waals surface area contributed by atoms with E-state index >= 15 is 0 Å². The van der Waals surface area contributed by atoms with Gasteiger partial charge in [0, 0.05) is 36.1 Å². The Kier molecular flexibility index (Phi) is 3.48. The number of carboxylic acids is 1. The van der Waals surface area contributed by atoms with Gasteiger partial charge in [0.1, 0.15) is 0 Å². The molecule has 0 unspecified atom stereocenters. The van der Waals surface area contributed by atoms with Crippen molar-refractivity contribution >= 4 is 17.6 Å². The number of carbonyl (C=O) groups is 1. The number of halogens is 1. The number of rotatable bonds is 3. The predicted octanol–water partition coefficient (Wildman–Crippen LogP) is 2.25. The van der Waals surface area contributed by atoms with Gasteiger partial charge in [0.15, 0.2) is 5.43 Å². The number of aromatic carboxylic acids is 1. The highest BCUT2D eigenvalue weighted by atomic mass is 35.5. The molecule has 1 heterocycles. The normalized spacial score (nSPS) is 10.3. The Morgan fingerprint density at radius 1 is 1.22 bits per heavy atom. The summed E-state index contributed by atoms with van der Waals surface area (Å²) in [4.78, 5) is 21.7. The summed E-state index contributed by atoms with van der Waals surface area (Å²) in [5.41, 5.74) is 0.896. The minimum absolute atomic E-state index is 0.0569. The Bertz CT molecular complexity index is 628. The van der Waals surface area contributed by atoms with Crippen molar-refractivity contribution in [3.63, 3.8) is 0 Å². The van der Waals surface area contributed by atoms with Gasteiger partial charge in [-0.05, 0) is 17.7 Å². The van der Waals surface area contributed by atoms with Gasteiger partial charge in [-0.1, -0.05) is 17.7 Å². The average Bonchev–Trinajstić information content (AvgIpc) is 2.34. The molecule has 1 aromatic carbocycles. The van der Waals surface area contributed by atoms with E-state index in [1.807, 2.05) is 0 Å². The maximum absolute atomic E-state index is 11.0. The summed E-state index contributed by atoms with van der Waals surface area (Å²) in [6.45, 7) is 0.485. The Morgan fingerprint density at radius 3 is 2.44 bits per heavy atom. The van der Waals surface area contributed by atoms with Crippen molar-refractivity contribution in [1.29, 1.82) is 0 Å². The monoisotopic (exact) mass is 263 g/mol. The van der Waals surface area contributed by atoms with Crippen molar-refractivity contribution < 1.29 is 9.90 Å². The minimum atomic E-state index is -1.01. The molecule has 0 saturated carbocycles. The Morgan fingerprint density at radius 2 is 1.89 bits per heavy atom. The smallest absolute Gasteiger partial charge is 0.335 e. The molecule has 0 amide bonds. The van der Waals surface area contributed by atoms with Gasteiger partial charge in [0.05, 0.1) is 5.56 Å². The zero-order chi connectivity index (χ0) is 13.1. The molecule has 92 valence electrons. The number of pyridine rings is 1. The van der Waals surface area contributed by atoms with Gasteiger partial charge in [-0.25, -0.2) is 4.79 Å². The van der Waals surface area contributed by atoms with Crippen LogP contribution in [0.1, 0.15) is 15.9 Å². The highest BCUT2D eigenvalue weighted by Gasteiger charge is 2.07. The number of nitrogens with zero attached hydrogens (tertiary/aromatic N) is 1. The van der Waals surface area contributed by atoms with E-state index in [-0.39, 0.29) is 11.0 Å². The van der Waals surface area contributed by atoms with E-state index in [0.717, 1.165) is 5.56 Å². The average molecular weight is 264 g/mol. The third-order valence-corrected chi connectivity index (χ3v) is 2.87. The van der Waals surface area contributed by atoms with E-state index in [9.17, 15) is 9.59 Å². The van der Waals surface area contributed by atoms with Gasteiger partial charge in [-0.2, -0.15) is 0 Å². The lowest BCUT2D eigenvalue weighted by molar-refractivity contribution is 0.0697. The van der Waals surface area contributed by atoms with Crippen LogP contribution in [-0.2, 0) is 6.54 Å². The lowest BCUT2D eigenvalue weighted by Gasteiger charge is -2.08. The van der Waals surface area contributed by atoms with Crippen LogP contribution in [0.4, 0.5) is 0 Å². The number of benzene rings is 1. The topological polar surface area (TPSA) is 59.3 Å². The van der Waals surface area contributed by atoms with Crippen LogP contribution in [0.15, 0.2) is 47.5 Å². The van der Waals surface area contributed by atoms with E-state index in [2.05, 4.69) is 0 Å². The van der Waals surface area contributed by atoms with Gasteiger partial charge in [0.2, 0.25) is 0 Å². The van der Waals surface area contributed by atoms with Gasteiger partial charge in [-0.3, -0.25) is 4.79 Å². The fraction of sp³-hybridized carbons (Fsp3) is 0.0769. The maximum atomic E-state index is 11.0. The van der Waals surface area contributed by atoms with E-state index in [1.54, 1.807) is 23.0 Å². The maximum Gasteiger partial charge on any atom is 0.335 e. The fourth-order valence-corrected chi connectivity index (χ4v) is 1.79. The second-order valence-electron chi connectivity index (χ2n) is 3.82. The van der Waals surface area contributed by atoms with E-state index < -0.39 is 5.97 Å². The first-order chi connectivity index (χ1) is 8.56. The van der Waals surface area contributed by atoms with Crippen LogP contribution in [0.25, 0.3) is 0 Å². The van der Waals surface area contributed by atoms with Crippen LogP contribution in [0.2, 0.25) is 5.02 Å². The molecule has 0 aliphatic rings. The molecular weight excluding hydrogens is 254 g/mol. The highest BCUT2D eigenvalue weighted by Crippen LogP contribution is 2.19. The Hall–Kier alpha value is -2.07. The summed E-state index contributed by atoms with van der Waals surface area (Å²) in [7, 11) is 0. The third-order valence-electron chi connectivity index (χ3n) is 2.51. The lowest BCUT2D eigenvalue weighted by atomic mass is 10.1. The summed E-state index contributed by atoms with van der Waals surface area (Å²) in [6, 6.07) is 7.51. The molecule has 0 saturated heterocycles. The molecule has 2 rings (SSSR count). The summed E-state index contributed by atoms with van der Waals surface area (Å²) >= 11 is 6.02. The molecule has 0 radical (unpaired) electrons. The molecule has 4 nitrogen and oxygen atoms in total. The lowest BCUT2D eigenvalue weighted by Crippen LogP contribution is -2.05. The molecule has 5 heteroatoms. The fourth-order valence-electron chi connectivity index (χ4n) is 1.55. The minimum Gasteiger partial charge on any atom is -0.478 e. The summed E-state index contributed by atoms with van der Waals surface area (Å²) in [5, 5.41) is 9.22. The van der Waals surface area contributed by atoms with E-state index in [4.69, 9.17) is 16.7 Å². The van der Waals surface area contributed by atoms with Crippen LogP contribution in [0, 0.1) is 0 Å². The molecule has 0 bridgehead atoms. The van der Waals surface area contributed by atoms with Crippen molar-refractivity contribution in [2.75, 3.05) is 0 Å². The van der Waals surface area contributed by atoms with Gasteiger partial charge < -0.3 is 9.67 Å². The van der Waals surface area contributed by atoms with Crippen LogP contribution in [0.5, 0.6) is 0 Å². The van der Waals surface area contributed by atoms with Crippen molar-refractivity contribution in [3.05, 3.63) is 69.1 Å². The third kappa shape index (κ3) is 2.78. The molecule has 1 aromatic heterocycles. The zero-order valence-electron chi connectivity index (χ0n) is 9.34. The number of carboxylic acid groups (broad SMARTS) is 1. The largest absolute Gasteiger partial charge is 0.478 e. The second kappa shape index (κ2) is 5.06. The van der Waals surface area contributed by atoms with Crippen LogP contribution in [-0.4, -0.2) is 15.6 Å². The predicted molar refractivity (Wildman–Crippen MR) is 68.2 cm³/mol. The van der Waals surface area contributed by atoms with Crippen LogP contribution in [0.3, 0.4) is 0 Å². The molecule has 0 spiro atoms. The SMILES string of the molecule is O=C(O)c1ccc(Cn2ccc(=O)cc2)c(Cl)c1. The summed E-state index contributed by atoms with van der Waals surface area (Å²) in [5.74, 6) is -1.01. The van der Waals surface area contributed by atoms with Crippen LogP contribution >= 0.6 is 11.6 Å². The first-order valence-electron chi connectivity index (χ1n) is 5.24. The summed E-state index contributed by atoms with van der Waals surface area (Å²) < 4.78 is 1.79. The molecule has 0 fully saturated rings. The first kappa shape index (κ1) is 12.4. The van der Waals surface area contributed by atoms with Gasteiger partial charge >= 0.3 is 5.97 Å². The molecule has 0 aliphatic carbocycles. The van der Waals surface area contributed by atoms with E-state index in [0.29, 0.717) is 11.6 Å². The Balaban J connectivity index is 2.27. The first-order valence-corrected chi connectivity index (χ1v) is 5.62.